The van der Waals surface area contributed by atoms with Crippen molar-refractivity contribution in [3.8, 4) is 17.2 Å². The highest BCUT2D eigenvalue weighted by Gasteiger charge is 2.39. The molecule has 2 aromatic carbocycles. The summed E-state index contributed by atoms with van der Waals surface area (Å²) in [6.45, 7) is 10.8. The minimum Gasteiger partial charge on any atom is -0.493 e. The van der Waals surface area contributed by atoms with Crippen LogP contribution in [0.5, 0.6) is 17.2 Å². The molecule has 3 heterocycles. The maximum absolute atomic E-state index is 13.9. The maximum atomic E-state index is 13.9. The first kappa shape index (κ1) is 32.8. The summed E-state index contributed by atoms with van der Waals surface area (Å²) >= 11 is 0. The van der Waals surface area contributed by atoms with Gasteiger partial charge in [-0.15, -0.1) is 0 Å². The number of carbonyl (C=O) groups excluding carboxylic acids is 1. The molecule has 7 heteroatoms. The van der Waals surface area contributed by atoms with Crippen LogP contribution < -0.4 is 19.5 Å². The summed E-state index contributed by atoms with van der Waals surface area (Å²) in [6, 6.07) is 15.0. The van der Waals surface area contributed by atoms with Crippen LogP contribution in [0, 0.1) is 0 Å². The Morgan fingerprint density at radius 1 is 0.955 bits per heavy atom. The fourth-order valence-electron chi connectivity index (χ4n) is 7.78. The topological polar surface area (TPSA) is 63.3 Å². The predicted molar refractivity (Wildman–Crippen MR) is 177 cm³/mol. The van der Waals surface area contributed by atoms with E-state index in [0.29, 0.717) is 6.42 Å². The second-order valence-corrected chi connectivity index (χ2v) is 13.5. The van der Waals surface area contributed by atoms with Crippen LogP contribution in [0.15, 0.2) is 42.5 Å². The molecule has 0 aromatic heterocycles. The number of rotatable bonds is 12. The number of benzene rings is 2. The molecule has 1 N–H and O–H groups in total. The van der Waals surface area contributed by atoms with Crippen molar-refractivity contribution in [1.29, 1.82) is 0 Å². The van der Waals surface area contributed by atoms with Crippen LogP contribution in [0.4, 0.5) is 0 Å². The number of likely N-dealkylation sites (tertiary alicyclic amines) is 2. The number of hydrogen-bond acceptors (Lipinski definition) is 7. The minimum absolute atomic E-state index is 0.0992. The molecule has 3 fully saturated rings. The summed E-state index contributed by atoms with van der Waals surface area (Å²) < 4.78 is 17.3. The van der Waals surface area contributed by atoms with Gasteiger partial charge in [0.25, 0.3) is 0 Å². The van der Waals surface area contributed by atoms with Crippen LogP contribution in [0.25, 0.3) is 0 Å². The number of nitrogens with zero attached hydrogens (tertiary/aromatic N) is 2. The van der Waals surface area contributed by atoms with Crippen LogP contribution in [-0.4, -0.2) is 87.3 Å². The van der Waals surface area contributed by atoms with Gasteiger partial charge in [-0.1, -0.05) is 24.6 Å². The van der Waals surface area contributed by atoms with E-state index in [1.807, 2.05) is 44.2 Å². The van der Waals surface area contributed by atoms with Crippen molar-refractivity contribution in [2.75, 3.05) is 53.5 Å². The van der Waals surface area contributed by atoms with Gasteiger partial charge >= 0.3 is 0 Å². The smallest absolute Gasteiger partial charge is 0.161 e. The van der Waals surface area contributed by atoms with Gasteiger partial charge in [-0.25, -0.2) is 0 Å². The lowest BCUT2D eigenvalue weighted by Gasteiger charge is -2.42. The molecule has 0 radical (unpaired) electrons. The van der Waals surface area contributed by atoms with Crippen LogP contribution in [0.3, 0.4) is 0 Å². The third-order valence-electron chi connectivity index (χ3n) is 10.2. The van der Waals surface area contributed by atoms with E-state index in [2.05, 4.69) is 27.2 Å². The second kappa shape index (κ2) is 15.6. The summed E-state index contributed by atoms with van der Waals surface area (Å²) in [4.78, 5) is 19.4. The molecule has 0 bridgehead atoms. The molecule has 3 aliphatic heterocycles. The Labute approximate surface area is 265 Å². The highest BCUT2D eigenvalue weighted by molar-refractivity contribution is 5.86. The fraction of sp³-hybridized carbons (Fsp3) is 0.649. The van der Waals surface area contributed by atoms with Crippen molar-refractivity contribution in [2.24, 2.45) is 0 Å². The maximum Gasteiger partial charge on any atom is 0.161 e. The molecule has 44 heavy (non-hydrogen) atoms. The van der Waals surface area contributed by atoms with E-state index < -0.39 is 0 Å². The summed E-state index contributed by atoms with van der Waals surface area (Å²) in [7, 11) is 3.39. The lowest BCUT2D eigenvalue weighted by molar-refractivity contribution is -0.120. The SMILES string of the molecule is COc1ccc(C2(CCN3CCC(N4CCCCC4)CC3)CCCNC(C(=O)Cc3cccc(OC(C)C)c3)C2)cc1OC. The van der Waals surface area contributed by atoms with Gasteiger partial charge in [0.2, 0.25) is 0 Å². The second-order valence-electron chi connectivity index (χ2n) is 13.5. The molecule has 2 aromatic rings. The highest BCUT2D eigenvalue weighted by atomic mass is 16.5. The fourth-order valence-corrected chi connectivity index (χ4v) is 7.78. The molecule has 2 unspecified atom stereocenters. The monoisotopic (exact) mass is 605 g/mol. The van der Waals surface area contributed by atoms with Crippen molar-refractivity contribution in [2.45, 2.75) is 102 Å². The van der Waals surface area contributed by atoms with Gasteiger partial charge in [-0.3, -0.25) is 4.79 Å². The molecule has 0 aliphatic carbocycles. The number of hydrogen-bond donors (Lipinski definition) is 1. The number of ketones is 1. The van der Waals surface area contributed by atoms with Gasteiger partial charge in [-0.05, 0) is 145 Å². The van der Waals surface area contributed by atoms with Crippen molar-refractivity contribution >= 4 is 5.78 Å². The molecule has 3 saturated heterocycles. The molecule has 0 spiro atoms. The van der Waals surface area contributed by atoms with Crippen molar-refractivity contribution in [1.82, 2.24) is 15.1 Å². The zero-order chi connectivity index (χ0) is 30.9. The summed E-state index contributed by atoms with van der Waals surface area (Å²) in [5.41, 5.74) is 2.13. The highest BCUT2D eigenvalue weighted by Crippen LogP contribution is 2.43. The molecule has 5 rings (SSSR count). The number of carbonyl (C=O) groups is 1. The van der Waals surface area contributed by atoms with E-state index in [4.69, 9.17) is 14.2 Å². The average molecular weight is 606 g/mol. The largest absolute Gasteiger partial charge is 0.493 e. The third kappa shape index (κ3) is 8.35. The van der Waals surface area contributed by atoms with Crippen LogP contribution in [-0.2, 0) is 16.6 Å². The minimum atomic E-state index is -0.204. The van der Waals surface area contributed by atoms with Crippen molar-refractivity contribution < 1.29 is 19.0 Å². The zero-order valence-corrected chi connectivity index (χ0v) is 27.6. The van der Waals surface area contributed by atoms with Gasteiger partial charge in [0.05, 0.1) is 26.4 Å². The van der Waals surface area contributed by atoms with Crippen LogP contribution in [0.2, 0.25) is 0 Å². The zero-order valence-electron chi connectivity index (χ0n) is 27.6. The van der Waals surface area contributed by atoms with E-state index in [9.17, 15) is 4.79 Å². The number of methoxy groups -OCH3 is 2. The van der Waals surface area contributed by atoms with E-state index in [-0.39, 0.29) is 23.3 Å². The molecule has 7 nitrogen and oxygen atoms in total. The molecule has 0 saturated carbocycles. The Balaban J connectivity index is 1.33. The molecular weight excluding hydrogens is 550 g/mol. The summed E-state index contributed by atoms with van der Waals surface area (Å²) in [5.74, 6) is 2.58. The number of ether oxygens (including phenoxy) is 3. The number of nitrogens with one attached hydrogen (secondary N) is 1. The van der Waals surface area contributed by atoms with E-state index >= 15 is 0 Å². The molecule has 3 aliphatic rings. The molecule has 242 valence electrons. The Hall–Kier alpha value is -2.61. The van der Waals surface area contributed by atoms with E-state index in [1.54, 1.807) is 14.2 Å². The van der Waals surface area contributed by atoms with Crippen molar-refractivity contribution in [3.63, 3.8) is 0 Å². The third-order valence-corrected chi connectivity index (χ3v) is 10.2. The van der Waals surface area contributed by atoms with Gasteiger partial charge in [0.15, 0.2) is 17.3 Å². The van der Waals surface area contributed by atoms with Gasteiger partial charge < -0.3 is 29.3 Å². The summed E-state index contributed by atoms with van der Waals surface area (Å²) in [6.07, 6.45) is 11.0. The Kier molecular flexibility index (Phi) is 11.6. The molecule has 0 amide bonds. The van der Waals surface area contributed by atoms with E-state index in [1.165, 1.54) is 63.8 Å². The Morgan fingerprint density at radius 3 is 2.45 bits per heavy atom. The Morgan fingerprint density at radius 2 is 1.73 bits per heavy atom. The number of piperidine rings is 2. The number of Topliss-reactive ketones (excluding diaryl/α,β-unsaturated/α-hetero) is 1. The average Bonchev–Trinajstić information content (AvgIpc) is 3.28. The first-order valence-corrected chi connectivity index (χ1v) is 17.1. The first-order chi connectivity index (χ1) is 21.4. The van der Waals surface area contributed by atoms with Gasteiger partial charge in [0.1, 0.15) is 5.75 Å². The van der Waals surface area contributed by atoms with Crippen molar-refractivity contribution in [3.05, 3.63) is 53.6 Å². The van der Waals surface area contributed by atoms with Gasteiger partial charge in [0, 0.05) is 12.5 Å². The molecule has 2 atom stereocenters. The van der Waals surface area contributed by atoms with Crippen LogP contribution >= 0.6 is 0 Å². The standard InChI is InChI=1S/C37H55N3O4/c1-28(2)44-32-11-8-10-29(24-32)25-34(41)33-27-37(16-9-18-38-33,30-12-13-35(42-3)36(26-30)43-4)17-23-39-21-14-31(15-22-39)40-19-6-5-7-20-40/h8,10-13,24,26,28,31,33,38H,5-7,9,14-23,25,27H2,1-4H3. The lowest BCUT2D eigenvalue weighted by atomic mass is 9.69. The summed E-state index contributed by atoms with van der Waals surface area (Å²) in [5, 5.41) is 3.65. The molecular formula is C37H55N3O4. The van der Waals surface area contributed by atoms with Gasteiger partial charge in [-0.2, -0.15) is 0 Å². The van der Waals surface area contributed by atoms with Crippen LogP contribution in [0.1, 0.15) is 82.8 Å². The van der Waals surface area contributed by atoms with E-state index in [0.717, 1.165) is 67.6 Å². The Bertz CT molecular complexity index is 1200. The quantitative estimate of drug-likeness (QED) is 0.317. The normalized spacial score (nSPS) is 24.2. The predicted octanol–water partition coefficient (Wildman–Crippen LogP) is 6.02. The lowest BCUT2D eigenvalue weighted by Crippen LogP contribution is -2.48. The first-order valence-electron chi connectivity index (χ1n) is 17.1.